The van der Waals surface area contributed by atoms with E-state index in [4.69, 9.17) is 14.2 Å². The highest BCUT2D eigenvalue weighted by Crippen LogP contribution is 2.38. The van der Waals surface area contributed by atoms with Gasteiger partial charge in [-0.3, -0.25) is 4.90 Å². The third-order valence-corrected chi connectivity index (χ3v) is 6.62. The molecule has 0 spiro atoms. The van der Waals surface area contributed by atoms with Gasteiger partial charge in [-0.25, -0.2) is 4.98 Å². The Kier molecular flexibility index (Phi) is 5.94. The van der Waals surface area contributed by atoms with Gasteiger partial charge in [-0.15, -0.1) is 0 Å². The van der Waals surface area contributed by atoms with Crippen LogP contribution in [0, 0.1) is 0 Å². The highest BCUT2D eigenvalue weighted by molar-refractivity contribution is 7.13. The molecule has 3 atom stereocenters. The van der Waals surface area contributed by atoms with Crippen molar-refractivity contribution in [3.05, 3.63) is 70.7 Å². The van der Waals surface area contributed by atoms with Crippen LogP contribution in [0.4, 0.5) is 0 Å². The Morgan fingerprint density at radius 1 is 1.10 bits per heavy atom. The number of morpholine rings is 1. The van der Waals surface area contributed by atoms with Gasteiger partial charge in [-0.05, 0) is 56.0 Å². The summed E-state index contributed by atoms with van der Waals surface area (Å²) in [6, 6.07) is 16.5. The molecule has 1 unspecified atom stereocenters. The second-order valence-electron chi connectivity index (χ2n) is 8.47. The minimum atomic E-state index is 0.118. The minimum Gasteiger partial charge on any atom is -0.485 e. The largest absolute Gasteiger partial charge is 0.485 e. The fourth-order valence-corrected chi connectivity index (χ4v) is 5.30. The molecular weight excluding hydrogens is 408 g/mol. The number of nitrogens with zero attached hydrogens (tertiary/aromatic N) is 2. The van der Waals surface area contributed by atoms with Gasteiger partial charge in [0.2, 0.25) is 0 Å². The number of aryl methyl sites for hydroxylation is 1. The number of ether oxygens (including phenoxy) is 3. The first-order valence-electron chi connectivity index (χ1n) is 11.0. The molecule has 2 aromatic carbocycles. The van der Waals surface area contributed by atoms with E-state index in [9.17, 15) is 0 Å². The monoisotopic (exact) mass is 436 g/mol. The molecular formula is C25H28N2O3S. The summed E-state index contributed by atoms with van der Waals surface area (Å²) in [6.45, 7) is 7.05. The van der Waals surface area contributed by atoms with Crippen molar-refractivity contribution in [1.82, 2.24) is 9.88 Å². The Balaban J connectivity index is 1.22. The van der Waals surface area contributed by atoms with Gasteiger partial charge in [0.1, 0.15) is 17.6 Å². The first kappa shape index (κ1) is 20.5. The molecule has 0 saturated carbocycles. The van der Waals surface area contributed by atoms with E-state index in [2.05, 4.69) is 54.1 Å². The Morgan fingerprint density at radius 3 is 2.71 bits per heavy atom. The van der Waals surface area contributed by atoms with Crippen molar-refractivity contribution >= 4 is 11.3 Å². The lowest BCUT2D eigenvalue weighted by Crippen LogP contribution is -2.44. The summed E-state index contributed by atoms with van der Waals surface area (Å²) in [7, 11) is 0. The molecule has 2 aliphatic heterocycles. The van der Waals surface area contributed by atoms with Crippen molar-refractivity contribution in [3.63, 3.8) is 0 Å². The minimum absolute atomic E-state index is 0.118. The second kappa shape index (κ2) is 8.99. The number of aromatic nitrogens is 1. The summed E-state index contributed by atoms with van der Waals surface area (Å²) in [5.41, 5.74) is 2.42. The fraction of sp³-hybridized carbons (Fsp3) is 0.400. The van der Waals surface area contributed by atoms with E-state index < -0.39 is 0 Å². The molecule has 0 bridgehead atoms. The highest BCUT2D eigenvalue weighted by atomic mass is 32.1. The van der Waals surface area contributed by atoms with Crippen molar-refractivity contribution in [2.45, 2.75) is 51.5 Å². The lowest BCUT2D eigenvalue weighted by Gasteiger charge is -2.34. The van der Waals surface area contributed by atoms with Crippen LogP contribution in [0.2, 0.25) is 0 Å². The lowest BCUT2D eigenvalue weighted by atomic mass is 9.97. The van der Waals surface area contributed by atoms with Gasteiger partial charge in [0.05, 0.1) is 12.2 Å². The van der Waals surface area contributed by atoms with Crippen molar-refractivity contribution < 1.29 is 14.2 Å². The summed E-state index contributed by atoms with van der Waals surface area (Å²) < 4.78 is 18.1. The summed E-state index contributed by atoms with van der Waals surface area (Å²) in [6.07, 6.45) is 4.53. The summed E-state index contributed by atoms with van der Waals surface area (Å²) in [4.78, 5) is 8.12. The molecule has 0 N–H and O–H groups in total. The summed E-state index contributed by atoms with van der Waals surface area (Å²) in [5, 5.41) is 0.684. The van der Waals surface area contributed by atoms with Crippen LogP contribution in [-0.2, 0) is 17.7 Å². The molecule has 1 fully saturated rings. The normalized spacial score (nSPS) is 23.7. The van der Waals surface area contributed by atoms with Crippen molar-refractivity contribution in [1.29, 1.82) is 0 Å². The molecule has 3 heterocycles. The van der Waals surface area contributed by atoms with Gasteiger partial charge in [0.25, 0.3) is 5.19 Å². The maximum Gasteiger partial charge on any atom is 0.278 e. The van der Waals surface area contributed by atoms with Crippen LogP contribution in [0.15, 0.2) is 54.7 Å². The molecule has 31 heavy (non-hydrogen) atoms. The number of rotatable bonds is 5. The smallest absolute Gasteiger partial charge is 0.278 e. The van der Waals surface area contributed by atoms with E-state index in [1.54, 1.807) is 11.3 Å². The molecule has 5 nitrogen and oxygen atoms in total. The Morgan fingerprint density at radius 2 is 1.90 bits per heavy atom. The predicted octanol–water partition coefficient (Wildman–Crippen LogP) is 5.61. The van der Waals surface area contributed by atoms with Gasteiger partial charge in [0.15, 0.2) is 0 Å². The third kappa shape index (κ3) is 4.92. The number of hydrogen-bond acceptors (Lipinski definition) is 6. The molecule has 0 radical (unpaired) electrons. The number of thiazole rings is 1. The Hall–Kier alpha value is -2.41. The SMILES string of the molecule is C[C@@H]1CN(Cc2cnc(Oc3ccc4c(c3)CCC(c3ccccc3)O4)s2)C[C@H](C)O1. The quantitative estimate of drug-likeness (QED) is 0.520. The van der Waals surface area contributed by atoms with Crippen LogP contribution >= 0.6 is 11.3 Å². The van der Waals surface area contributed by atoms with E-state index >= 15 is 0 Å². The number of benzene rings is 2. The lowest BCUT2D eigenvalue weighted by molar-refractivity contribution is -0.0702. The van der Waals surface area contributed by atoms with Crippen molar-refractivity contribution in [2.24, 2.45) is 0 Å². The zero-order chi connectivity index (χ0) is 21.2. The molecule has 2 aliphatic rings. The maximum atomic E-state index is 6.24. The van der Waals surface area contributed by atoms with Crippen molar-refractivity contribution in [3.8, 4) is 16.7 Å². The van der Waals surface area contributed by atoms with E-state index in [1.165, 1.54) is 16.0 Å². The molecule has 0 aliphatic carbocycles. The molecule has 0 amide bonds. The average Bonchev–Trinajstić information content (AvgIpc) is 3.20. The molecule has 162 valence electrons. The van der Waals surface area contributed by atoms with E-state index in [-0.39, 0.29) is 18.3 Å². The zero-order valence-corrected chi connectivity index (χ0v) is 18.8. The highest BCUT2D eigenvalue weighted by Gasteiger charge is 2.24. The first-order chi connectivity index (χ1) is 15.1. The van der Waals surface area contributed by atoms with Gasteiger partial charge in [-0.1, -0.05) is 41.7 Å². The van der Waals surface area contributed by atoms with Crippen LogP contribution in [0.1, 0.15) is 42.4 Å². The molecule has 3 aromatic rings. The van der Waals surface area contributed by atoms with Gasteiger partial charge >= 0.3 is 0 Å². The van der Waals surface area contributed by atoms with Crippen LogP contribution in [0.5, 0.6) is 16.7 Å². The Bertz CT molecular complexity index is 1010. The van der Waals surface area contributed by atoms with Crippen LogP contribution < -0.4 is 9.47 Å². The third-order valence-electron chi connectivity index (χ3n) is 5.76. The topological polar surface area (TPSA) is 43.8 Å². The molecule has 1 saturated heterocycles. The Labute approximate surface area is 187 Å². The second-order valence-corrected chi connectivity index (χ2v) is 9.55. The van der Waals surface area contributed by atoms with Gasteiger partial charge < -0.3 is 14.2 Å². The standard InChI is InChI=1S/C25H28N2O3S/c1-17-14-27(15-18(2)28-17)16-22-13-26-25(31-22)29-21-9-11-24-20(12-21)8-10-23(30-24)19-6-4-3-5-7-19/h3-7,9,11-13,17-18,23H,8,10,14-16H2,1-2H3/t17-,18+,23?. The van der Waals surface area contributed by atoms with Gasteiger partial charge in [0, 0.05) is 30.7 Å². The van der Waals surface area contributed by atoms with Gasteiger partial charge in [-0.2, -0.15) is 0 Å². The van der Waals surface area contributed by atoms with Crippen LogP contribution in [0.25, 0.3) is 0 Å². The molecule has 6 heteroatoms. The summed E-state index contributed by atoms with van der Waals surface area (Å²) >= 11 is 1.61. The predicted molar refractivity (Wildman–Crippen MR) is 122 cm³/mol. The first-order valence-corrected chi connectivity index (χ1v) is 11.8. The molecule has 1 aromatic heterocycles. The fourth-order valence-electron chi connectivity index (χ4n) is 4.48. The number of hydrogen-bond donors (Lipinski definition) is 0. The average molecular weight is 437 g/mol. The zero-order valence-electron chi connectivity index (χ0n) is 18.0. The summed E-state index contributed by atoms with van der Waals surface area (Å²) in [5.74, 6) is 1.76. The van der Waals surface area contributed by atoms with E-state index in [0.29, 0.717) is 5.19 Å². The molecule has 5 rings (SSSR count). The van der Waals surface area contributed by atoms with E-state index in [1.807, 2.05) is 24.4 Å². The van der Waals surface area contributed by atoms with Crippen LogP contribution in [0.3, 0.4) is 0 Å². The van der Waals surface area contributed by atoms with Crippen molar-refractivity contribution in [2.75, 3.05) is 13.1 Å². The number of fused-ring (bicyclic) bond motifs is 1. The van der Waals surface area contributed by atoms with Crippen LogP contribution in [-0.4, -0.2) is 35.2 Å². The maximum absolute atomic E-state index is 6.24. The van der Waals surface area contributed by atoms with E-state index in [0.717, 1.165) is 44.0 Å².